The fraction of sp³-hybridized carbons (Fsp3) is 0.296. The standard InChI is InChI=1S/C27H29Cl2N3O5S2/c28-23-10-13-25(29)26(18-23)39(36,37)32(19-22-6-2-1-3-7-22)20-27(33)30-15-14-21-8-11-24(12-9-21)38(34,35)31-16-4-5-17-31/h1-3,6-13,18H,4-5,14-17,19-20H2,(H,30,33). The van der Waals surface area contributed by atoms with Crippen LogP contribution < -0.4 is 5.32 Å². The van der Waals surface area contributed by atoms with Gasteiger partial charge in [0.1, 0.15) is 4.90 Å². The number of rotatable bonds is 11. The van der Waals surface area contributed by atoms with E-state index in [1.165, 1.54) is 22.5 Å². The van der Waals surface area contributed by atoms with Crippen LogP contribution in [0.1, 0.15) is 24.0 Å². The number of halogens is 2. The molecule has 0 aromatic heterocycles. The van der Waals surface area contributed by atoms with Gasteiger partial charge in [-0.3, -0.25) is 4.79 Å². The van der Waals surface area contributed by atoms with Crippen LogP contribution in [-0.2, 0) is 37.8 Å². The van der Waals surface area contributed by atoms with Gasteiger partial charge in [-0.05, 0) is 60.7 Å². The molecule has 0 bridgehead atoms. The maximum Gasteiger partial charge on any atom is 0.245 e. The zero-order chi connectivity index (χ0) is 28.0. The SMILES string of the molecule is O=C(CN(Cc1ccccc1)S(=O)(=O)c1cc(Cl)ccc1Cl)NCCc1ccc(S(=O)(=O)N2CCCC2)cc1. The maximum atomic E-state index is 13.5. The Morgan fingerprint density at radius 1 is 0.872 bits per heavy atom. The molecular formula is C27H29Cl2N3O5S2. The van der Waals surface area contributed by atoms with Crippen LogP contribution in [0.25, 0.3) is 0 Å². The van der Waals surface area contributed by atoms with E-state index in [2.05, 4.69) is 5.32 Å². The van der Waals surface area contributed by atoms with E-state index in [0.717, 1.165) is 22.7 Å². The Bertz CT molecular complexity index is 1510. The summed E-state index contributed by atoms with van der Waals surface area (Å²) in [5.74, 6) is -0.485. The van der Waals surface area contributed by atoms with Crippen molar-refractivity contribution in [2.75, 3.05) is 26.2 Å². The van der Waals surface area contributed by atoms with Gasteiger partial charge >= 0.3 is 0 Å². The molecule has 1 aliphatic rings. The molecule has 12 heteroatoms. The summed E-state index contributed by atoms with van der Waals surface area (Å²) in [4.78, 5) is 12.9. The lowest BCUT2D eigenvalue weighted by Crippen LogP contribution is -2.41. The van der Waals surface area contributed by atoms with Gasteiger partial charge in [0.15, 0.2) is 0 Å². The van der Waals surface area contributed by atoms with Crippen molar-refractivity contribution in [1.82, 2.24) is 13.9 Å². The summed E-state index contributed by atoms with van der Waals surface area (Å²) < 4.78 is 55.0. The number of nitrogens with one attached hydrogen (secondary N) is 1. The molecule has 39 heavy (non-hydrogen) atoms. The summed E-state index contributed by atoms with van der Waals surface area (Å²) in [6.45, 7) is 0.862. The number of hydrogen-bond donors (Lipinski definition) is 1. The molecule has 0 aliphatic carbocycles. The van der Waals surface area contributed by atoms with Crippen molar-refractivity contribution < 1.29 is 21.6 Å². The molecular weight excluding hydrogens is 581 g/mol. The summed E-state index contributed by atoms with van der Waals surface area (Å²) in [6.07, 6.45) is 2.18. The van der Waals surface area contributed by atoms with Gasteiger partial charge in [0.05, 0.1) is 16.5 Å². The van der Waals surface area contributed by atoms with E-state index in [1.807, 2.05) is 6.07 Å². The fourth-order valence-corrected chi connectivity index (χ4v) is 7.93. The highest BCUT2D eigenvalue weighted by molar-refractivity contribution is 7.89. The highest BCUT2D eigenvalue weighted by atomic mass is 35.5. The van der Waals surface area contributed by atoms with Crippen LogP contribution in [0.15, 0.2) is 82.6 Å². The van der Waals surface area contributed by atoms with Gasteiger partial charge in [-0.15, -0.1) is 0 Å². The number of hydrogen-bond acceptors (Lipinski definition) is 5. The number of carbonyl (C=O) groups is 1. The van der Waals surface area contributed by atoms with Gasteiger partial charge in [-0.1, -0.05) is 65.7 Å². The molecule has 0 atom stereocenters. The third-order valence-corrected chi connectivity index (χ3v) is 10.8. The zero-order valence-electron chi connectivity index (χ0n) is 21.1. The Hall–Kier alpha value is -2.47. The quantitative estimate of drug-likeness (QED) is 0.348. The van der Waals surface area contributed by atoms with E-state index >= 15 is 0 Å². The molecule has 8 nitrogen and oxygen atoms in total. The predicted molar refractivity (Wildman–Crippen MR) is 152 cm³/mol. The molecule has 1 aliphatic heterocycles. The summed E-state index contributed by atoms with van der Waals surface area (Å²) in [6, 6.07) is 19.7. The molecule has 1 heterocycles. The number of sulfonamides is 2. The lowest BCUT2D eigenvalue weighted by atomic mass is 10.1. The van der Waals surface area contributed by atoms with Crippen molar-refractivity contribution in [2.45, 2.75) is 35.6 Å². The molecule has 3 aromatic carbocycles. The van der Waals surface area contributed by atoms with E-state index < -0.39 is 32.5 Å². The van der Waals surface area contributed by atoms with Gasteiger partial charge in [0, 0.05) is 31.2 Å². The van der Waals surface area contributed by atoms with E-state index in [4.69, 9.17) is 23.2 Å². The first-order valence-corrected chi connectivity index (χ1v) is 16.1. The summed E-state index contributed by atoms with van der Waals surface area (Å²) in [7, 11) is -7.64. The van der Waals surface area contributed by atoms with E-state index in [1.54, 1.807) is 48.5 Å². The fourth-order valence-electron chi connectivity index (χ4n) is 4.29. The lowest BCUT2D eigenvalue weighted by Gasteiger charge is -2.22. The van der Waals surface area contributed by atoms with Crippen molar-refractivity contribution in [3.63, 3.8) is 0 Å². The molecule has 0 saturated carbocycles. The highest BCUT2D eigenvalue weighted by Gasteiger charge is 2.29. The van der Waals surface area contributed by atoms with E-state index in [-0.39, 0.29) is 32.9 Å². The van der Waals surface area contributed by atoms with Crippen LogP contribution in [0.5, 0.6) is 0 Å². The van der Waals surface area contributed by atoms with Crippen LogP contribution in [0.2, 0.25) is 10.0 Å². The van der Waals surface area contributed by atoms with E-state index in [0.29, 0.717) is 25.1 Å². The maximum absolute atomic E-state index is 13.5. The normalized spacial score (nSPS) is 14.5. The monoisotopic (exact) mass is 609 g/mol. The Kier molecular flexibility index (Phi) is 9.69. The molecule has 3 aromatic rings. The topological polar surface area (TPSA) is 104 Å². The largest absolute Gasteiger partial charge is 0.355 e. The zero-order valence-corrected chi connectivity index (χ0v) is 24.2. The number of carbonyl (C=O) groups excluding carboxylic acids is 1. The average molecular weight is 611 g/mol. The second-order valence-corrected chi connectivity index (χ2v) is 13.9. The first-order valence-electron chi connectivity index (χ1n) is 12.4. The van der Waals surface area contributed by atoms with Crippen molar-refractivity contribution >= 4 is 49.2 Å². The second kappa shape index (κ2) is 12.8. The molecule has 1 saturated heterocycles. The first kappa shape index (κ1) is 29.5. The number of nitrogens with zero attached hydrogens (tertiary/aromatic N) is 2. The lowest BCUT2D eigenvalue weighted by molar-refractivity contribution is -0.121. The first-order chi connectivity index (χ1) is 18.6. The highest BCUT2D eigenvalue weighted by Crippen LogP contribution is 2.28. The van der Waals surface area contributed by atoms with Gasteiger partial charge in [0.25, 0.3) is 0 Å². The van der Waals surface area contributed by atoms with Crippen LogP contribution in [0.4, 0.5) is 0 Å². The van der Waals surface area contributed by atoms with E-state index in [9.17, 15) is 21.6 Å². The summed E-state index contributed by atoms with van der Waals surface area (Å²) >= 11 is 12.2. The molecule has 0 unspecified atom stereocenters. The molecule has 0 spiro atoms. The summed E-state index contributed by atoms with van der Waals surface area (Å²) in [5, 5.41) is 2.97. The van der Waals surface area contributed by atoms with Gasteiger partial charge in [0.2, 0.25) is 26.0 Å². The molecule has 1 fully saturated rings. The van der Waals surface area contributed by atoms with Crippen molar-refractivity contribution in [3.05, 3.63) is 94.0 Å². The minimum atomic E-state index is -4.16. The predicted octanol–water partition coefficient (Wildman–Crippen LogP) is 4.33. The Morgan fingerprint density at radius 3 is 2.21 bits per heavy atom. The van der Waals surface area contributed by atoms with Gasteiger partial charge in [-0.2, -0.15) is 8.61 Å². The minimum absolute atomic E-state index is 0.00746. The molecule has 4 rings (SSSR count). The second-order valence-electron chi connectivity index (χ2n) is 9.19. The molecule has 1 N–H and O–H groups in total. The van der Waals surface area contributed by atoms with Crippen LogP contribution in [0.3, 0.4) is 0 Å². The molecule has 208 valence electrons. The van der Waals surface area contributed by atoms with Crippen LogP contribution in [-0.4, -0.2) is 57.5 Å². The smallest absolute Gasteiger partial charge is 0.245 e. The van der Waals surface area contributed by atoms with Crippen LogP contribution in [0, 0.1) is 0 Å². The van der Waals surface area contributed by atoms with Crippen LogP contribution >= 0.6 is 23.2 Å². The Labute approximate surface area is 239 Å². The Morgan fingerprint density at radius 2 is 1.54 bits per heavy atom. The van der Waals surface area contributed by atoms with Gasteiger partial charge in [-0.25, -0.2) is 16.8 Å². The third-order valence-electron chi connectivity index (χ3n) is 6.39. The molecule has 0 radical (unpaired) electrons. The Balaban J connectivity index is 1.41. The van der Waals surface area contributed by atoms with Gasteiger partial charge < -0.3 is 5.32 Å². The number of amides is 1. The number of benzene rings is 3. The minimum Gasteiger partial charge on any atom is -0.355 e. The summed E-state index contributed by atoms with van der Waals surface area (Å²) in [5.41, 5.74) is 1.55. The van der Waals surface area contributed by atoms with Crippen molar-refractivity contribution in [3.8, 4) is 0 Å². The molecule has 1 amide bonds. The van der Waals surface area contributed by atoms with Crippen molar-refractivity contribution in [1.29, 1.82) is 0 Å². The average Bonchev–Trinajstić information content (AvgIpc) is 3.47. The van der Waals surface area contributed by atoms with Crippen molar-refractivity contribution in [2.24, 2.45) is 0 Å². The third kappa shape index (κ3) is 7.39.